The van der Waals surface area contributed by atoms with Crippen molar-refractivity contribution in [2.24, 2.45) is 5.73 Å². The van der Waals surface area contributed by atoms with Crippen LogP contribution < -0.4 is 10.5 Å². The molecule has 0 atom stereocenters. The van der Waals surface area contributed by atoms with E-state index in [1.54, 1.807) is 0 Å². The Morgan fingerprint density at radius 3 is 2.76 bits per heavy atom. The minimum Gasteiger partial charge on any atom is -0.486 e. The number of ether oxygens (including phenoxy) is 1. The summed E-state index contributed by atoms with van der Waals surface area (Å²) in [6.07, 6.45) is 0. The van der Waals surface area contributed by atoms with Gasteiger partial charge in [0.1, 0.15) is 17.4 Å². The Hall–Kier alpha value is -1.53. The topological polar surface area (TPSA) is 48.1 Å². The van der Waals surface area contributed by atoms with Crippen LogP contribution in [0.25, 0.3) is 0 Å². The third-order valence-corrected chi connectivity index (χ3v) is 2.93. The first-order chi connectivity index (χ1) is 8.19. The van der Waals surface area contributed by atoms with Crippen molar-refractivity contribution >= 4 is 11.3 Å². The second-order valence-electron chi connectivity index (χ2n) is 3.30. The molecule has 1 aromatic heterocycles. The minimum atomic E-state index is -0.927. The molecular weight excluding hydrogens is 246 g/mol. The number of rotatable bonds is 4. The van der Waals surface area contributed by atoms with E-state index in [-0.39, 0.29) is 12.4 Å². The lowest BCUT2D eigenvalue weighted by Gasteiger charge is -2.03. The number of hydrogen-bond acceptors (Lipinski definition) is 4. The van der Waals surface area contributed by atoms with Crippen LogP contribution in [-0.4, -0.2) is 4.98 Å². The third kappa shape index (κ3) is 2.98. The first kappa shape index (κ1) is 11.9. The molecule has 6 heteroatoms. The smallest absolute Gasteiger partial charge is 0.162 e. The summed E-state index contributed by atoms with van der Waals surface area (Å²) in [5.41, 5.74) is 6.21. The highest BCUT2D eigenvalue weighted by molar-refractivity contribution is 7.09. The quantitative estimate of drug-likeness (QED) is 0.914. The molecule has 2 aromatic rings. The molecule has 1 heterocycles. The van der Waals surface area contributed by atoms with Gasteiger partial charge in [0, 0.05) is 18.0 Å². The van der Waals surface area contributed by atoms with E-state index >= 15 is 0 Å². The zero-order chi connectivity index (χ0) is 12.3. The maximum Gasteiger partial charge on any atom is 0.162 e. The van der Waals surface area contributed by atoms with Gasteiger partial charge in [-0.05, 0) is 12.1 Å². The van der Waals surface area contributed by atoms with Crippen LogP contribution in [-0.2, 0) is 13.2 Å². The van der Waals surface area contributed by atoms with Crippen LogP contribution in [0, 0.1) is 11.6 Å². The number of hydrogen-bond donors (Lipinski definition) is 1. The molecule has 0 amide bonds. The zero-order valence-corrected chi connectivity index (χ0v) is 9.64. The van der Waals surface area contributed by atoms with E-state index in [4.69, 9.17) is 10.5 Å². The van der Waals surface area contributed by atoms with Gasteiger partial charge in [0.2, 0.25) is 0 Å². The molecule has 0 saturated heterocycles. The highest BCUT2D eigenvalue weighted by Gasteiger charge is 2.05. The normalized spacial score (nSPS) is 10.5. The van der Waals surface area contributed by atoms with Crippen LogP contribution in [0.5, 0.6) is 5.75 Å². The first-order valence-corrected chi connectivity index (χ1v) is 5.78. The minimum absolute atomic E-state index is 0.218. The number of aromatic nitrogens is 1. The van der Waals surface area contributed by atoms with Gasteiger partial charge < -0.3 is 10.5 Å². The summed E-state index contributed by atoms with van der Waals surface area (Å²) >= 11 is 1.42. The fraction of sp³-hybridized carbons (Fsp3) is 0.182. The predicted octanol–water partition coefficient (Wildman–Crippen LogP) is 2.46. The molecule has 0 fully saturated rings. The average molecular weight is 256 g/mol. The second kappa shape index (κ2) is 5.20. The molecular formula is C11H10F2N2OS. The summed E-state index contributed by atoms with van der Waals surface area (Å²) in [5.74, 6) is -1.55. The Labute approximate surface area is 101 Å². The summed E-state index contributed by atoms with van der Waals surface area (Å²) in [6, 6.07) is 3.40. The Morgan fingerprint density at radius 1 is 1.29 bits per heavy atom. The highest BCUT2D eigenvalue weighted by atomic mass is 32.1. The highest BCUT2D eigenvalue weighted by Crippen LogP contribution is 2.18. The van der Waals surface area contributed by atoms with E-state index in [1.165, 1.54) is 17.4 Å². The standard InChI is InChI=1S/C11H10F2N2OS/c12-9-2-1-8(3-10(9)13)16-5-11-15-7(4-14)6-17-11/h1-3,6H,4-5,14H2. The Bertz CT molecular complexity index is 516. The van der Waals surface area contributed by atoms with Crippen LogP contribution in [0.1, 0.15) is 10.7 Å². The maximum absolute atomic E-state index is 12.9. The van der Waals surface area contributed by atoms with Crippen molar-refractivity contribution in [3.8, 4) is 5.75 Å². The summed E-state index contributed by atoms with van der Waals surface area (Å²) in [7, 11) is 0. The second-order valence-corrected chi connectivity index (χ2v) is 4.24. The van der Waals surface area contributed by atoms with Gasteiger partial charge in [0.25, 0.3) is 0 Å². The largest absolute Gasteiger partial charge is 0.486 e. The SMILES string of the molecule is NCc1csc(COc2ccc(F)c(F)c2)n1. The van der Waals surface area contributed by atoms with Gasteiger partial charge in [-0.15, -0.1) is 11.3 Å². The molecule has 0 bridgehead atoms. The lowest BCUT2D eigenvalue weighted by atomic mass is 10.3. The van der Waals surface area contributed by atoms with Crippen molar-refractivity contribution in [1.82, 2.24) is 4.98 Å². The molecule has 0 aliphatic carbocycles. The molecule has 3 nitrogen and oxygen atoms in total. The predicted molar refractivity (Wildman–Crippen MR) is 60.7 cm³/mol. The molecule has 1 aromatic carbocycles. The molecule has 17 heavy (non-hydrogen) atoms. The van der Waals surface area contributed by atoms with Gasteiger partial charge >= 0.3 is 0 Å². The summed E-state index contributed by atoms with van der Waals surface area (Å²) in [5, 5.41) is 2.58. The van der Waals surface area contributed by atoms with Crippen LogP contribution in [0.4, 0.5) is 8.78 Å². The van der Waals surface area contributed by atoms with Crippen molar-refractivity contribution < 1.29 is 13.5 Å². The molecule has 0 saturated carbocycles. The van der Waals surface area contributed by atoms with Gasteiger partial charge in [-0.3, -0.25) is 0 Å². The third-order valence-electron chi connectivity index (χ3n) is 2.06. The monoisotopic (exact) mass is 256 g/mol. The molecule has 90 valence electrons. The van der Waals surface area contributed by atoms with E-state index < -0.39 is 11.6 Å². The van der Waals surface area contributed by atoms with Crippen LogP contribution in [0.2, 0.25) is 0 Å². The molecule has 0 unspecified atom stereocenters. The van der Waals surface area contributed by atoms with Gasteiger partial charge in [0.05, 0.1) is 5.69 Å². The fourth-order valence-electron chi connectivity index (χ4n) is 1.22. The lowest BCUT2D eigenvalue weighted by Crippen LogP contribution is -1.99. The Kier molecular flexibility index (Phi) is 3.65. The van der Waals surface area contributed by atoms with E-state index in [1.807, 2.05) is 5.38 Å². The van der Waals surface area contributed by atoms with Crippen molar-refractivity contribution in [1.29, 1.82) is 0 Å². The number of nitrogens with zero attached hydrogens (tertiary/aromatic N) is 1. The zero-order valence-electron chi connectivity index (χ0n) is 8.82. The van der Waals surface area contributed by atoms with Gasteiger partial charge in [0.15, 0.2) is 11.6 Å². The summed E-state index contributed by atoms with van der Waals surface area (Å²) in [6.45, 7) is 0.595. The Balaban J connectivity index is 1.99. The van der Waals surface area contributed by atoms with E-state index in [0.29, 0.717) is 6.54 Å². The van der Waals surface area contributed by atoms with Crippen LogP contribution >= 0.6 is 11.3 Å². The van der Waals surface area contributed by atoms with Gasteiger partial charge in [-0.2, -0.15) is 0 Å². The van der Waals surface area contributed by atoms with E-state index in [2.05, 4.69) is 4.98 Å². The Morgan fingerprint density at radius 2 is 2.12 bits per heavy atom. The maximum atomic E-state index is 12.9. The summed E-state index contributed by atoms with van der Waals surface area (Å²) < 4.78 is 30.8. The first-order valence-electron chi connectivity index (χ1n) is 4.90. The number of benzene rings is 1. The molecule has 2 N–H and O–H groups in total. The van der Waals surface area contributed by atoms with E-state index in [0.717, 1.165) is 22.8 Å². The van der Waals surface area contributed by atoms with Crippen molar-refractivity contribution in [2.75, 3.05) is 0 Å². The lowest BCUT2D eigenvalue weighted by molar-refractivity contribution is 0.302. The molecule has 0 aliphatic rings. The van der Waals surface area contributed by atoms with Gasteiger partial charge in [-0.25, -0.2) is 13.8 Å². The van der Waals surface area contributed by atoms with Gasteiger partial charge in [-0.1, -0.05) is 0 Å². The molecule has 2 rings (SSSR count). The van der Waals surface area contributed by atoms with Crippen LogP contribution in [0.15, 0.2) is 23.6 Å². The van der Waals surface area contributed by atoms with Crippen molar-refractivity contribution in [3.05, 3.63) is 45.9 Å². The number of nitrogens with two attached hydrogens (primary N) is 1. The van der Waals surface area contributed by atoms with Crippen molar-refractivity contribution in [3.63, 3.8) is 0 Å². The van der Waals surface area contributed by atoms with Crippen molar-refractivity contribution in [2.45, 2.75) is 13.2 Å². The van der Waals surface area contributed by atoms with E-state index in [9.17, 15) is 8.78 Å². The molecule has 0 aliphatic heterocycles. The fourth-order valence-corrected chi connectivity index (χ4v) is 1.94. The summed E-state index contributed by atoms with van der Waals surface area (Å²) in [4.78, 5) is 4.18. The van der Waals surface area contributed by atoms with Crippen LogP contribution in [0.3, 0.4) is 0 Å². The number of halogens is 2. The molecule has 0 radical (unpaired) electrons. The molecule has 0 spiro atoms. The number of thiazole rings is 1. The average Bonchev–Trinajstić information content (AvgIpc) is 2.79.